The number of ketones is 1. The van der Waals surface area contributed by atoms with Gasteiger partial charge in [-0.05, 0) is 32.1 Å². The molecule has 0 aromatic heterocycles. The zero-order chi connectivity index (χ0) is 13.5. The van der Waals surface area contributed by atoms with Gasteiger partial charge in [-0.1, -0.05) is 13.8 Å². The Morgan fingerprint density at radius 1 is 1.41 bits per heavy atom. The number of aliphatic carboxylic acids is 1. The summed E-state index contributed by atoms with van der Waals surface area (Å²) in [5.74, 6) is -0.755. The second-order valence-electron chi connectivity index (χ2n) is 4.87. The number of carbonyl (C=O) groups excluding carboxylic acids is 2. The molecule has 2 unspecified atom stereocenters. The van der Waals surface area contributed by atoms with E-state index in [2.05, 4.69) is 0 Å². The van der Waals surface area contributed by atoms with Crippen molar-refractivity contribution in [2.75, 3.05) is 0 Å². The molecule has 0 saturated carbocycles. The fraction of sp³-hybridized carbons (Fsp3) is 0.769. The molecule has 0 aromatic carbocycles. The second-order valence-corrected chi connectivity index (χ2v) is 4.87. The molecule has 0 aliphatic heterocycles. The maximum absolute atomic E-state index is 11.7. The molecule has 0 aliphatic rings. The van der Waals surface area contributed by atoms with E-state index in [1.54, 1.807) is 0 Å². The van der Waals surface area contributed by atoms with Crippen molar-refractivity contribution >= 4 is 18.0 Å². The van der Waals surface area contributed by atoms with Gasteiger partial charge in [0, 0.05) is 18.3 Å². The summed E-state index contributed by atoms with van der Waals surface area (Å²) in [7, 11) is 0. The third-order valence-corrected chi connectivity index (χ3v) is 3.71. The van der Waals surface area contributed by atoms with Gasteiger partial charge in [-0.15, -0.1) is 0 Å². The summed E-state index contributed by atoms with van der Waals surface area (Å²) in [5, 5.41) is 8.70. The van der Waals surface area contributed by atoms with Crippen LogP contribution in [0.3, 0.4) is 0 Å². The van der Waals surface area contributed by atoms with Crippen molar-refractivity contribution in [3.05, 3.63) is 0 Å². The highest BCUT2D eigenvalue weighted by molar-refractivity contribution is 5.82. The molecule has 1 N–H and O–H groups in total. The fourth-order valence-corrected chi connectivity index (χ4v) is 1.96. The van der Waals surface area contributed by atoms with E-state index in [9.17, 15) is 14.4 Å². The predicted molar refractivity (Wildman–Crippen MR) is 64.7 cm³/mol. The van der Waals surface area contributed by atoms with Gasteiger partial charge in [0.25, 0.3) is 0 Å². The Labute approximate surface area is 102 Å². The molecule has 0 amide bonds. The van der Waals surface area contributed by atoms with E-state index in [1.165, 1.54) is 6.92 Å². The number of hydrogen-bond acceptors (Lipinski definition) is 3. The van der Waals surface area contributed by atoms with Crippen LogP contribution >= 0.6 is 0 Å². The maximum atomic E-state index is 11.7. The van der Waals surface area contributed by atoms with E-state index < -0.39 is 11.4 Å². The van der Waals surface area contributed by atoms with Crippen molar-refractivity contribution in [3.63, 3.8) is 0 Å². The molecular formula is C13H22O4. The Hall–Kier alpha value is -1.19. The van der Waals surface area contributed by atoms with Crippen molar-refractivity contribution in [1.82, 2.24) is 0 Å². The number of Topliss-reactive ketones (excluding diaryl/α,β-unsaturated/α-hetero) is 1. The van der Waals surface area contributed by atoms with Crippen molar-refractivity contribution in [2.24, 2.45) is 11.3 Å². The van der Waals surface area contributed by atoms with Gasteiger partial charge in [0.1, 0.15) is 12.1 Å². The zero-order valence-electron chi connectivity index (χ0n) is 10.9. The Morgan fingerprint density at radius 2 is 2.00 bits per heavy atom. The molecule has 0 bridgehead atoms. The highest BCUT2D eigenvalue weighted by Crippen LogP contribution is 2.36. The number of hydrogen-bond donors (Lipinski definition) is 1. The molecular weight excluding hydrogens is 220 g/mol. The molecule has 0 aromatic rings. The van der Waals surface area contributed by atoms with Gasteiger partial charge in [-0.25, -0.2) is 0 Å². The number of rotatable bonds is 9. The molecule has 0 aliphatic carbocycles. The van der Waals surface area contributed by atoms with Gasteiger partial charge in [0.15, 0.2) is 0 Å². The molecule has 0 fully saturated rings. The fourth-order valence-electron chi connectivity index (χ4n) is 1.96. The van der Waals surface area contributed by atoms with E-state index in [4.69, 9.17) is 5.11 Å². The smallest absolute Gasteiger partial charge is 0.303 e. The summed E-state index contributed by atoms with van der Waals surface area (Å²) >= 11 is 0. The zero-order valence-corrected chi connectivity index (χ0v) is 10.9. The van der Waals surface area contributed by atoms with Crippen LogP contribution in [0.15, 0.2) is 0 Å². The first-order chi connectivity index (χ1) is 7.84. The highest BCUT2D eigenvalue weighted by Gasteiger charge is 2.35. The van der Waals surface area contributed by atoms with Crippen LogP contribution in [0.1, 0.15) is 52.9 Å². The average molecular weight is 242 g/mol. The molecule has 4 heteroatoms. The van der Waals surface area contributed by atoms with E-state index in [1.807, 2.05) is 13.8 Å². The van der Waals surface area contributed by atoms with Crippen LogP contribution < -0.4 is 0 Å². The van der Waals surface area contributed by atoms with E-state index in [-0.39, 0.29) is 18.1 Å². The van der Waals surface area contributed by atoms with Gasteiger partial charge in [0.2, 0.25) is 0 Å². The van der Waals surface area contributed by atoms with Gasteiger partial charge >= 0.3 is 5.97 Å². The van der Waals surface area contributed by atoms with E-state index >= 15 is 0 Å². The summed E-state index contributed by atoms with van der Waals surface area (Å²) < 4.78 is 0. The lowest BCUT2D eigenvalue weighted by molar-refractivity contribution is -0.138. The Balaban J connectivity index is 4.51. The SMILES string of the molecule is CC(=O)C(C)(CCC(=O)O)C(C)CCCC=O. The van der Waals surface area contributed by atoms with Crippen LogP contribution in [-0.2, 0) is 14.4 Å². The third-order valence-electron chi connectivity index (χ3n) is 3.71. The first kappa shape index (κ1) is 15.8. The maximum Gasteiger partial charge on any atom is 0.303 e. The van der Waals surface area contributed by atoms with Crippen LogP contribution in [0.4, 0.5) is 0 Å². The van der Waals surface area contributed by atoms with Gasteiger partial charge in [-0.2, -0.15) is 0 Å². The molecule has 0 saturated heterocycles. The second kappa shape index (κ2) is 7.20. The van der Waals surface area contributed by atoms with Crippen LogP contribution in [0, 0.1) is 11.3 Å². The molecule has 0 heterocycles. The monoisotopic (exact) mass is 242 g/mol. The minimum Gasteiger partial charge on any atom is -0.481 e. The molecule has 17 heavy (non-hydrogen) atoms. The quantitative estimate of drug-likeness (QED) is 0.498. The minimum absolute atomic E-state index is 0.00804. The largest absolute Gasteiger partial charge is 0.481 e. The molecule has 4 nitrogen and oxygen atoms in total. The Morgan fingerprint density at radius 3 is 2.41 bits per heavy atom. The first-order valence-corrected chi connectivity index (χ1v) is 6.01. The van der Waals surface area contributed by atoms with Crippen LogP contribution in [0.5, 0.6) is 0 Å². The first-order valence-electron chi connectivity index (χ1n) is 6.01. The topological polar surface area (TPSA) is 71.4 Å². The van der Waals surface area contributed by atoms with Crippen molar-refractivity contribution in [2.45, 2.75) is 52.9 Å². The van der Waals surface area contributed by atoms with Crippen LogP contribution in [0.2, 0.25) is 0 Å². The summed E-state index contributed by atoms with van der Waals surface area (Å²) in [5.41, 5.74) is -0.596. The van der Waals surface area contributed by atoms with Crippen LogP contribution in [0.25, 0.3) is 0 Å². The average Bonchev–Trinajstić information content (AvgIpc) is 2.25. The number of carboxylic acids is 1. The minimum atomic E-state index is -0.877. The molecule has 2 atom stereocenters. The van der Waals surface area contributed by atoms with Crippen molar-refractivity contribution in [1.29, 1.82) is 0 Å². The van der Waals surface area contributed by atoms with E-state index in [0.717, 1.165) is 19.1 Å². The van der Waals surface area contributed by atoms with Gasteiger partial charge in [-0.3, -0.25) is 9.59 Å². The number of aldehydes is 1. The predicted octanol–water partition coefficient (Wildman–Crippen LogP) is 2.45. The van der Waals surface area contributed by atoms with E-state index in [0.29, 0.717) is 12.8 Å². The molecule has 0 rings (SSSR count). The lowest BCUT2D eigenvalue weighted by Gasteiger charge is -2.33. The van der Waals surface area contributed by atoms with Gasteiger partial charge < -0.3 is 9.90 Å². The number of carbonyl (C=O) groups is 3. The molecule has 98 valence electrons. The molecule has 0 spiro atoms. The van der Waals surface area contributed by atoms with Crippen molar-refractivity contribution < 1.29 is 19.5 Å². The normalized spacial score (nSPS) is 15.9. The standard InChI is InChI=1S/C13H22O4/c1-10(6-4-5-9-14)13(3,11(2)15)8-7-12(16)17/h9-10H,4-8H2,1-3H3,(H,16,17). The van der Waals surface area contributed by atoms with Crippen LogP contribution in [-0.4, -0.2) is 23.1 Å². The summed E-state index contributed by atoms with van der Waals surface area (Å²) in [6.07, 6.45) is 3.26. The third kappa shape index (κ3) is 5.11. The lowest BCUT2D eigenvalue weighted by atomic mass is 9.70. The van der Waals surface area contributed by atoms with Gasteiger partial charge in [0.05, 0.1) is 0 Å². The summed E-state index contributed by atoms with van der Waals surface area (Å²) in [6, 6.07) is 0. The summed E-state index contributed by atoms with van der Waals surface area (Å²) in [6.45, 7) is 5.29. The summed E-state index contributed by atoms with van der Waals surface area (Å²) in [4.78, 5) is 32.5. The highest BCUT2D eigenvalue weighted by atomic mass is 16.4. The number of carboxylic acid groups (broad SMARTS) is 1. The Bertz CT molecular complexity index is 285. The Kier molecular flexibility index (Phi) is 6.69. The number of unbranched alkanes of at least 4 members (excludes halogenated alkanes) is 1. The van der Waals surface area contributed by atoms with Crippen molar-refractivity contribution in [3.8, 4) is 0 Å². The lowest BCUT2D eigenvalue weighted by Crippen LogP contribution is -2.33. The molecule has 0 radical (unpaired) electrons.